The molecule has 1 aromatic rings. The first-order chi connectivity index (χ1) is 6.43. The molecule has 0 saturated carbocycles. The quantitative estimate of drug-likeness (QED) is 0.753. The number of carboxylic acid groups (broad SMARTS) is 1. The zero-order valence-electron chi connectivity index (χ0n) is 6.87. The van der Waals surface area contributed by atoms with Crippen LogP contribution in [-0.2, 0) is 4.79 Å². The number of halogens is 2. The van der Waals surface area contributed by atoms with Gasteiger partial charge in [-0.1, -0.05) is 15.9 Å². The van der Waals surface area contributed by atoms with Crippen LogP contribution in [0.15, 0.2) is 16.6 Å². The lowest BCUT2D eigenvalue weighted by atomic mass is 10.1. The summed E-state index contributed by atoms with van der Waals surface area (Å²) in [6.07, 6.45) is 0. The Bertz CT molecular complexity index is 383. The first-order valence-corrected chi connectivity index (χ1v) is 4.39. The van der Waals surface area contributed by atoms with Crippen molar-refractivity contribution in [2.24, 2.45) is 5.73 Å². The molecule has 1 rings (SSSR count). The fourth-order valence-corrected chi connectivity index (χ4v) is 1.40. The number of phenolic OH excluding ortho intramolecular Hbond substituents is 1. The average molecular weight is 264 g/mol. The molecular weight excluding hydrogens is 257 g/mol. The van der Waals surface area contributed by atoms with Crippen molar-refractivity contribution in [3.05, 3.63) is 28.0 Å². The molecule has 0 amide bonds. The van der Waals surface area contributed by atoms with Gasteiger partial charge in [0, 0.05) is 10.0 Å². The molecule has 1 atom stereocenters. The average Bonchev–Trinajstić information content (AvgIpc) is 2.09. The van der Waals surface area contributed by atoms with Gasteiger partial charge in [0.25, 0.3) is 0 Å². The third-order valence-corrected chi connectivity index (χ3v) is 2.12. The smallest absolute Gasteiger partial charge is 0.325 e. The Labute approximate surface area is 87.3 Å². The van der Waals surface area contributed by atoms with Gasteiger partial charge in [-0.05, 0) is 12.1 Å². The first kappa shape index (κ1) is 10.9. The minimum Gasteiger partial charge on any atom is -0.505 e. The van der Waals surface area contributed by atoms with E-state index >= 15 is 0 Å². The third kappa shape index (κ3) is 2.02. The summed E-state index contributed by atoms with van der Waals surface area (Å²) < 4.78 is 13.3. The summed E-state index contributed by atoms with van der Waals surface area (Å²) in [5, 5.41) is 17.8. The van der Waals surface area contributed by atoms with Crippen molar-refractivity contribution < 1.29 is 19.4 Å². The van der Waals surface area contributed by atoms with Crippen LogP contribution in [0.25, 0.3) is 0 Å². The number of aliphatic carboxylic acids is 1. The SMILES string of the molecule is N[C@H](C(=O)O)c1cc(Br)cc(F)c1O. The highest BCUT2D eigenvalue weighted by molar-refractivity contribution is 9.10. The van der Waals surface area contributed by atoms with Gasteiger partial charge in [-0.2, -0.15) is 0 Å². The van der Waals surface area contributed by atoms with E-state index in [1.807, 2.05) is 0 Å². The highest BCUT2D eigenvalue weighted by Crippen LogP contribution is 2.29. The molecule has 0 spiro atoms. The van der Waals surface area contributed by atoms with Gasteiger partial charge in [0.15, 0.2) is 11.6 Å². The third-order valence-electron chi connectivity index (χ3n) is 1.66. The number of hydrogen-bond acceptors (Lipinski definition) is 3. The van der Waals surface area contributed by atoms with Crippen LogP contribution < -0.4 is 5.73 Å². The van der Waals surface area contributed by atoms with Crippen molar-refractivity contribution in [2.45, 2.75) is 6.04 Å². The van der Waals surface area contributed by atoms with Crippen LogP contribution in [-0.4, -0.2) is 16.2 Å². The molecule has 0 heterocycles. The second-order valence-electron chi connectivity index (χ2n) is 2.64. The van der Waals surface area contributed by atoms with Gasteiger partial charge in [0.1, 0.15) is 6.04 Å². The van der Waals surface area contributed by atoms with Gasteiger partial charge in [-0.3, -0.25) is 4.79 Å². The number of carbonyl (C=O) groups is 1. The van der Waals surface area contributed by atoms with Gasteiger partial charge in [-0.15, -0.1) is 0 Å². The minimum atomic E-state index is -1.44. The molecule has 76 valence electrons. The van der Waals surface area contributed by atoms with Gasteiger partial charge >= 0.3 is 5.97 Å². The van der Waals surface area contributed by atoms with Crippen LogP contribution in [0.3, 0.4) is 0 Å². The lowest BCUT2D eigenvalue weighted by Crippen LogP contribution is -2.21. The van der Waals surface area contributed by atoms with Crippen molar-refractivity contribution in [3.63, 3.8) is 0 Å². The highest BCUT2D eigenvalue weighted by Gasteiger charge is 2.20. The highest BCUT2D eigenvalue weighted by atomic mass is 79.9. The van der Waals surface area contributed by atoms with E-state index in [0.29, 0.717) is 4.47 Å². The predicted molar refractivity (Wildman–Crippen MR) is 50.3 cm³/mol. The number of benzene rings is 1. The normalized spacial score (nSPS) is 12.5. The molecule has 14 heavy (non-hydrogen) atoms. The maximum atomic E-state index is 12.9. The molecule has 0 bridgehead atoms. The van der Waals surface area contributed by atoms with E-state index in [1.165, 1.54) is 6.07 Å². The zero-order valence-corrected chi connectivity index (χ0v) is 8.45. The van der Waals surface area contributed by atoms with E-state index in [4.69, 9.17) is 10.8 Å². The Kier molecular flexibility index (Phi) is 3.07. The number of carboxylic acids is 1. The summed E-state index contributed by atoms with van der Waals surface area (Å²) in [4.78, 5) is 10.5. The number of nitrogens with two attached hydrogens (primary N) is 1. The second kappa shape index (κ2) is 3.93. The van der Waals surface area contributed by atoms with Crippen molar-refractivity contribution in [1.82, 2.24) is 0 Å². The molecule has 0 unspecified atom stereocenters. The van der Waals surface area contributed by atoms with Crippen LogP contribution in [0.1, 0.15) is 11.6 Å². The predicted octanol–water partition coefficient (Wildman–Crippen LogP) is 1.38. The molecule has 4 N–H and O–H groups in total. The molecule has 0 aliphatic carbocycles. The lowest BCUT2D eigenvalue weighted by Gasteiger charge is -2.09. The largest absolute Gasteiger partial charge is 0.505 e. The maximum absolute atomic E-state index is 12.9. The standard InChI is InChI=1S/C8H7BrFNO3/c9-3-1-4(6(11)8(13)14)7(12)5(10)2-3/h1-2,6,12H,11H2,(H,13,14)/t6-/m0/s1. The molecule has 0 aliphatic rings. The van der Waals surface area contributed by atoms with Gasteiger partial charge in [0.05, 0.1) is 0 Å². The number of phenols is 1. The Morgan fingerprint density at radius 1 is 1.57 bits per heavy atom. The van der Waals surface area contributed by atoms with E-state index in [-0.39, 0.29) is 5.56 Å². The van der Waals surface area contributed by atoms with Crippen LogP contribution in [0, 0.1) is 5.82 Å². The Balaban J connectivity index is 3.26. The molecule has 0 aromatic heterocycles. The van der Waals surface area contributed by atoms with E-state index in [1.54, 1.807) is 0 Å². The van der Waals surface area contributed by atoms with Crippen LogP contribution in [0.4, 0.5) is 4.39 Å². The Morgan fingerprint density at radius 2 is 2.14 bits per heavy atom. The summed E-state index contributed by atoms with van der Waals surface area (Å²) in [6.45, 7) is 0. The van der Waals surface area contributed by atoms with Crippen LogP contribution in [0.2, 0.25) is 0 Å². The molecule has 0 fully saturated rings. The molecular formula is C8H7BrFNO3. The minimum absolute atomic E-state index is 0.163. The van der Waals surface area contributed by atoms with Gasteiger partial charge in [-0.25, -0.2) is 4.39 Å². The number of hydrogen-bond donors (Lipinski definition) is 3. The van der Waals surface area contributed by atoms with Gasteiger partial charge in [0.2, 0.25) is 0 Å². The second-order valence-corrected chi connectivity index (χ2v) is 3.56. The molecule has 6 heteroatoms. The maximum Gasteiger partial charge on any atom is 0.325 e. The molecule has 4 nitrogen and oxygen atoms in total. The topological polar surface area (TPSA) is 83.6 Å². The van der Waals surface area contributed by atoms with Crippen molar-refractivity contribution in [3.8, 4) is 5.75 Å². The van der Waals surface area contributed by atoms with E-state index in [2.05, 4.69) is 15.9 Å². The van der Waals surface area contributed by atoms with Gasteiger partial charge < -0.3 is 15.9 Å². The van der Waals surface area contributed by atoms with Crippen LogP contribution >= 0.6 is 15.9 Å². The summed E-state index contributed by atoms with van der Waals surface area (Å²) in [6, 6.07) is 0.840. The number of rotatable bonds is 2. The zero-order chi connectivity index (χ0) is 10.9. The summed E-state index contributed by atoms with van der Waals surface area (Å²) in [5.74, 6) is -2.98. The van der Waals surface area contributed by atoms with Crippen molar-refractivity contribution in [1.29, 1.82) is 0 Å². The van der Waals surface area contributed by atoms with E-state index < -0.39 is 23.6 Å². The summed E-state index contributed by atoms with van der Waals surface area (Å²) in [7, 11) is 0. The fourth-order valence-electron chi connectivity index (χ4n) is 0.956. The van der Waals surface area contributed by atoms with E-state index in [0.717, 1.165) is 6.07 Å². The fraction of sp³-hybridized carbons (Fsp3) is 0.125. The lowest BCUT2D eigenvalue weighted by molar-refractivity contribution is -0.138. The Morgan fingerprint density at radius 3 is 2.64 bits per heavy atom. The molecule has 1 aromatic carbocycles. The molecule has 0 aliphatic heterocycles. The molecule has 0 radical (unpaired) electrons. The first-order valence-electron chi connectivity index (χ1n) is 3.59. The number of aromatic hydroxyl groups is 1. The summed E-state index contributed by atoms with van der Waals surface area (Å²) >= 11 is 2.96. The van der Waals surface area contributed by atoms with Crippen molar-refractivity contribution >= 4 is 21.9 Å². The summed E-state index contributed by atoms with van der Waals surface area (Å²) in [5.41, 5.74) is 5.07. The molecule has 0 saturated heterocycles. The monoisotopic (exact) mass is 263 g/mol. The van der Waals surface area contributed by atoms with Crippen LogP contribution in [0.5, 0.6) is 5.75 Å². The van der Waals surface area contributed by atoms with Crippen molar-refractivity contribution in [2.75, 3.05) is 0 Å². The Hall–Kier alpha value is -1.14. The van der Waals surface area contributed by atoms with E-state index in [9.17, 15) is 14.3 Å².